The minimum absolute atomic E-state index is 0.0307. The number of carbonyl (C=O) groups excluding carboxylic acids is 2. The number of carbonyl (C=O) groups is 2. The van der Waals surface area contributed by atoms with E-state index in [1.165, 1.54) is 0 Å². The van der Waals surface area contributed by atoms with E-state index >= 15 is 0 Å². The number of hydrogen-bond donors (Lipinski definition) is 0. The second kappa shape index (κ2) is 17.9. The second-order valence-corrected chi connectivity index (χ2v) is 12.3. The lowest BCUT2D eigenvalue weighted by Gasteiger charge is -2.44. The molecule has 0 saturated carbocycles. The van der Waals surface area contributed by atoms with Crippen LogP contribution in [0.2, 0.25) is 0 Å². The fourth-order valence-corrected chi connectivity index (χ4v) is 5.72. The van der Waals surface area contributed by atoms with E-state index in [-0.39, 0.29) is 32.0 Å². The maximum absolute atomic E-state index is 14.0. The molecule has 0 spiro atoms. The minimum atomic E-state index is -4.60. The molecule has 8 nitrogen and oxygen atoms in total. The molecule has 0 aliphatic carbocycles. The summed E-state index contributed by atoms with van der Waals surface area (Å²) in [6.07, 6.45) is -11.1. The molecule has 274 valence electrons. The molecule has 5 aromatic carbocycles. The van der Waals surface area contributed by atoms with Crippen LogP contribution in [0.25, 0.3) is 0 Å². The van der Waals surface area contributed by atoms with Crippen molar-refractivity contribution in [2.24, 2.45) is 0 Å². The number of benzene rings is 5. The molecule has 1 fully saturated rings. The van der Waals surface area contributed by atoms with Crippen LogP contribution < -0.4 is 0 Å². The molecule has 1 aliphatic heterocycles. The molecular weight excluding hydrogens is 689 g/mol. The molecule has 0 bridgehead atoms. The van der Waals surface area contributed by atoms with Gasteiger partial charge in [0.15, 0.2) is 6.10 Å². The zero-order valence-electron chi connectivity index (χ0n) is 28.5. The molecule has 5 atom stereocenters. The van der Waals surface area contributed by atoms with Crippen LogP contribution >= 0.6 is 0 Å². The zero-order valence-corrected chi connectivity index (χ0v) is 28.5. The third-order valence-corrected chi connectivity index (χ3v) is 8.48. The normalized spacial score (nSPS) is 20.0. The summed E-state index contributed by atoms with van der Waals surface area (Å²) in [5, 5.41) is 0. The summed E-state index contributed by atoms with van der Waals surface area (Å²) in [5.41, 5.74) is 2.03. The summed E-state index contributed by atoms with van der Waals surface area (Å²) in [4.78, 5) is 27.5. The van der Waals surface area contributed by atoms with Crippen molar-refractivity contribution < 1.29 is 51.2 Å². The lowest BCUT2D eigenvalue weighted by atomic mass is 9.97. The Balaban J connectivity index is 1.35. The fraction of sp³-hybridized carbons (Fsp3) is 0.238. The van der Waals surface area contributed by atoms with Crippen LogP contribution in [0.1, 0.15) is 38.2 Å². The maximum atomic E-state index is 14.0. The highest BCUT2D eigenvalue weighted by molar-refractivity contribution is 5.89. The Morgan fingerprint density at radius 2 is 0.943 bits per heavy atom. The number of halogens is 3. The molecule has 0 amide bonds. The van der Waals surface area contributed by atoms with Crippen LogP contribution in [0.15, 0.2) is 146 Å². The number of alkyl halides is 3. The third-order valence-electron chi connectivity index (χ3n) is 8.48. The zero-order chi connectivity index (χ0) is 37.0. The van der Waals surface area contributed by atoms with Crippen molar-refractivity contribution in [1.82, 2.24) is 0 Å². The molecule has 53 heavy (non-hydrogen) atoms. The standard InChI is InChI=1S/C42H37F3O8/c43-42(44,45)34-23-21-33(22-24-34)39(46)53-41-38(50-27-31-17-9-3-10-18-31)36(49-26-30-15-7-2-8-16-30)35(48-25-29-13-5-1-6-14-29)37(52-41)40(47)51-28-32-19-11-4-12-20-32/h1-24,35-38,41H,25-28H2/t35-,36-,37-,38+,41-/m0/s1. The third kappa shape index (κ3) is 10.4. The first-order chi connectivity index (χ1) is 25.7. The first kappa shape index (κ1) is 37.4. The molecule has 5 aromatic rings. The van der Waals surface area contributed by atoms with E-state index in [1.807, 2.05) is 109 Å². The van der Waals surface area contributed by atoms with Gasteiger partial charge in [0, 0.05) is 0 Å². The average Bonchev–Trinajstić information content (AvgIpc) is 3.19. The van der Waals surface area contributed by atoms with E-state index in [2.05, 4.69) is 0 Å². The molecule has 6 rings (SSSR count). The molecular formula is C42H37F3O8. The number of esters is 2. The van der Waals surface area contributed by atoms with Crippen molar-refractivity contribution in [3.8, 4) is 0 Å². The van der Waals surface area contributed by atoms with E-state index in [1.54, 1.807) is 12.1 Å². The highest BCUT2D eigenvalue weighted by Gasteiger charge is 2.53. The second-order valence-electron chi connectivity index (χ2n) is 12.3. The highest BCUT2D eigenvalue weighted by Crippen LogP contribution is 2.33. The van der Waals surface area contributed by atoms with Gasteiger partial charge < -0.3 is 28.4 Å². The van der Waals surface area contributed by atoms with Crippen LogP contribution in [-0.4, -0.2) is 42.6 Å². The van der Waals surface area contributed by atoms with Gasteiger partial charge in [0.25, 0.3) is 0 Å². The summed E-state index contributed by atoms with van der Waals surface area (Å²) in [6.45, 7) is 0.0739. The van der Waals surface area contributed by atoms with Crippen molar-refractivity contribution in [1.29, 1.82) is 0 Å². The summed E-state index contributed by atoms with van der Waals surface area (Å²) in [7, 11) is 0. The Hall–Kier alpha value is -5.33. The lowest BCUT2D eigenvalue weighted by molar-refractivity contribution is -0.308. The molecule has 11 heteroatoms. The summed E-state index contributed by atoms with van der Waals surface area (Å²) in [5.74, 6) is -1.81. The van der Waals surface area contributed by atoms with Crippen molar-refractivity contribution in [3.63, 3.8) is 0 Å². The predicted molar refractivity (Wildman–Crippen MR) is 187 cm³/mol. The van der Waals surface area contributed by atoms with Gasteiger partial charge in [-0.1, -0.05) is 121 Å². The molecule has 0 aromatic heterocycles. The fourth-order valence-electron chi connectivity index (χ4n) is 5.72. The molecule has 1 saturated heterocycles. The van der Waals surface area contributed by atoms with Crippen molar-refractivity contribution in [2.45, 2.75) is 63.3 Å². The van der Waals surface area contributed by atoms with Gasteiger partial charge in [-0.2, -0.15) is 13.2 Å². The van der Waals surface area contributed by atoms with Gasteiger partial charge in [-0.15, -0.1) is 0 Å². The Labute approximate surface area is 305 Å². The first-order valence-electron chi connectivity index (χ1n) is 17.0. The number of hydrogen-bond acceptors (Lipinski definition) is 8. The number of ether oxygens (including phenoxy) is 6. The van der Waals surface area contributed by atoms with Gasteiger partial charge in [0.05, 0.1) is 30.9 Å². The van der Waals surface area contributed by atoms with Gasteiger partial charge in [0.1, 0.15) is 24.9 Å². The predicted octanol–water partition coefficient (Wildman–Crippen LogP) is 8.09. The highest BCUT2D eigenvalue weighted by atomic mass is 19.4. The van der Waals surface area contributed by atoms with E-state index in [9.17, 15) is 22.8 Å². The Kier molecular flexibility index (Phi) is 12.7. The summed E-state index contributed by atoms with van der Waals surface area (Å²) < 4.78 is 77.1. The van der Waals surface area contributed by atoms with Gasteiger partial charge >= 0.3 is 18.1 Å². The summed E-state index contributed by atoms with van der Waals surface area (Å²) >= 11 is 0. The molecule has 0 N–H and O–H groups in total. The molecule has 0 unspecified atom stereocenters. The topological polar surface area (TPSA) is 89.5 Å². The van der Waals surface area contributed by atoms with Crippen LogP contribution in [-0.2, 0) is 65.8 Å². The Morgan fingerprint density at radius 3 is 1.40 bits per heavy atom. The number of rotatable bonds is 14. The minimum Gasteiger partial charge on any atom is -0.459 e. The van der Waals surface area contributed by atoms with Crippen LogP contribution in [0.5, 0.6) is 0 Å². The monoisotopic (exact) mass is 726 g/mol. The molecule has 0 radical (unpaired) electrons. The van der Waals surface area contributed by atoms with Crippen molar-refractivity contribution >= 4 is 11.9 Å². The van der Waals surface area contributed by atoms with Crippen LogP contribution in [0.3, 0.4) is 0 Å². The van der Waals surface area contributed by atoms with Crippen molar-refractivity contribution in [3.05, 3.63) is 179 Å². The lowest BCUT2D eigenvalue weighted by Crippen LogP contribution is -2.63. The quantitative estimate of drug-likeness (QED) is 0.106. The SMILES string of the molecule is O=C(O[C@@H]1O[C@H](C(=O)OCc2ccccc2)[C@@H](OCc2ccccc2)[C@H](OCc2ccccc2)[C@H]1OCc1ccccc1)c1ccc(C(F)(F)F)cc1. The van der Waals surface area contributed by atoms with E-state index in [0.29, 0.717) is 0 Å². The van der Waals surface area contributed by atoms with Crippen molar-refractivity contribution in [2.75, 3.05) is 0 Å². The van der Waals surface area contributed by atoms with E-state index in [0.717, 1.165) is 46.5 Å². The summed E-state index contributed by atoms with van der Waals surface area (Å²) in [6, 6.07) is 40.5. The molecule has 1 aliphatic rings. The van der Waals surface area contributed by atoms with Gasteiger partial charge in [-0.3, -0.25) is 0 Å². The van der Waals surface area contributed by atoms with Gasteiger partial charge in [-0.05, 0) is 46.5 Å². The van der Waals surface area contributed by atoms with E-state index in [4.69, 9.17) is 28.4 Å². The van der Waals surface area contributed by atoms with Crippen LogP contribution in [0, 0.1) is 0 Å². The van der Waals surface area contributed by atoms with E-state index < -0.39 is 54.4 Å². The Morgan fingerprint density at radius 1 is 0.528 bits per heavy atom. The Bertz CT molecular complexity index is 1870. The maximum Gasteiger partial charge on any atom is 0.416 e. The smallest absolute Gasteiger partial charge is 0.416 e. The van der Waals surface area contributed by atoms with Gasteiger partial charge in [0.2, 0.25) is 6.29 Å². The largest absolute Gasteiger partial charge is 0.459 e. The first-order valence-corrected chi connectivity index (χ1v) is 17.0. The van der Waals surface area contributed by atoms with Crippen LogP contribution in [0.4, 0.5) is 13.2 Å². The average molecular weight is 727 g/mol. The molecule has 1 heterocycles. The van der Waals surface area contributed by atoms with Gasteiger partial charge in [-0.25, -0.2) is 9.59 Å².